The number of rotatable bonds is 3. The predicted octanol–water partition coefficient (Wildman–Crippen LogP) is 3.15. The van der Waals surface area contributed by atoms with Gasteiger partial charge in [0.2, 0.25) is 11.8 Å². The molecule has 0 N–H and O–H groups in total. The van der Waals surface area contributed by atoms with Crippen LogP contribution in [0.1, 0.15) is 51.0 Å². The molecule has 23 heavy (non-hydrogen) atoms. The molecule has 0 unspecified atom stereocenters. The van der Waals surface area contributed by atoms with Crippen LogP contribution in [-0.4, -0.2) is 35.8 Å². The van der Waals surface area contributed by atoms with Gasteiger partial charge in [0.25, 0.3) is 0 Å². The van der Waals surface area contributed by atoms with Crippen LogP contribution in [0.15, 0.2) is 24.3 Å². The molecule has 1 saturated heterocycles. The van der Waals surface area contributed by atoms with Gasteiger partial charge in [-0.2, -0.15) is 0 Å². The largest absolute Gasteiger partial charge is 0.341 e. The Morgan fingerprint density at radius 1 is 1.09 bits per heavy atom. The number of para-hydroxylation sites is 1. The van der Waals surface area contributed by atoms with Crippen molar-refractivity contribution in [2.45, 2.75) is 57.9 Å². The normalized spacial score (nSPS) is 20.0. The number of carbonyl (C=O) groups excluding carboxylic acids is 2. The molecule has 0 saturated carbocycles. The summed E-state index contributed by atoms with van der Waals surface area (Å²) in [7, 11) is 0. The number of piperidine rings is 1. The average molecular weight is 314 g/mol. The van der Waals surface area contributed by atoms with E-state index >= 15 is 0 Å². The summed E-state index contributed by atoms with van der Waals surface area (Å²) in [6, 6.07) is 7.69. The SMILES string of the molecule is CC[C@@H](C(=O)N1CCCCC1)N1C(=O)CCCc2ccccc21. The number of nitrogens with zero attached hydrogens (tertiary/aromatic N) is 2. The molecule has 3 rings (SSSR count). The third kappa shape index (κ3) is 3.26. The van der Waals surface area contributed by atoms with Crippen LogP contribution in [0.3, 0.4) is 0 Å². The van der Waals surface area contributed by atoms with Gasteiger partial charge >= 0.3 is 0 Å². The summed E-state index contributed by atoms with van der Waals surface area (Å²) in [5.74, 6) is 0.212. The third-order valence-corrected chi connectivity index (χ3v) is 5.01. The quantitative estimate of drug-likeness (QED) is 0.860. The number of carbonyl (C=O) groups is 2. The highest BCUT2D eigenvalue weighted by atomic mass is 16.2. The first-order valence-electron chi connectivity index (χ1n) is 8.91. The van der Waals surface area contributed by atoms with Crippen molar-refractivity contribution in [3.8, 4) is 0 Å². The summed E-state index contributed by atoms with van der Waals surface area (Å²) < 4.78 is 0. The maximum atomic E-state index is 13.0. The highest BCUT2D eigenvalue weighted by Crippen LogP contribution is 2.30. The number of hydrogen-bond donors (Lipinski definition) is 0. The maximum Gasteiger partial charge on any atom is 0.245 e. The summed E-state index contributed by atoms with van der Waals surface area (Å²) in [5, 5.41) is 0. The van der Waals surface area contributed by atoms with E-state index in [2.05, 4.69) is 6.07 Å². The van der Waals surface area contributed by atoms with E-state index in [9.17, 15) is 9.59 Å². The van der Waals surface area contributed by atoms with Crippen LogP contribution in [0.2, 0.25) is 0 Å². The number of aryl methyl sites for hydroxylation is 1. The van der Waals surface area contributed by atoms with Crippen molar-refractivity contribution in [2.24, 2.45) is 0 Å². The molecule has 0 bridgehead atoms. The average Bonchev–Trinajstić information content (AvgIpc) is 2.76. The molecule has 0 aromatic heterocycles. The van der Waals surface area contributed by atoms with Gasteiger partial charge in [0.05, 0.1) is 0 Å². The van der Waals surface area contributed by atoms with Crippen LogP contribution in [0.25, 0.3) is 0 Å². The monoisotopic (exact) mass is 314 g/mol. The Morgan fingerprint density at radius 2 is 1.83 bits per heavy atom. The third-order valence-electron chi connectivity index (χ3n) is 5.01. The van der Waals surface area contributed by atoms with Crippen LogP contribution >= 0.6 is 0 Å². The van der Waals surface area contributed by atoms with Gasteiger partial charge in [-0.05, 0) is 50.2 Å². The first kappa shape index (κ1) is 16.0. The zero-order chi connectivity index (χ0) is 16.2. The Balaban J connectivity index is 1.92. The summed E-state index contributed by atoms with van der Waals surface area (Å²) in [6.07, 6.45) is 6.31. The molecule has 2 aliphatic rings. The van der Waals surface area contributed by atoms with Gasteiger partial charge in [-0.1, -0.05) is 25.1 Å². The molecule has 124 valence electrons. The molecule has 2 aliphatic heterocycles. The molecule has 1 aromatic rings. The summed E-state index contributed by atoms with van der Waals surface area (Å²) >= 11 is 0. The number of hydrogen-bond acceptors (Lipinski definition) is 2. The fourth-order valence-electron chi connectivity index (χ4n) is 3.78. The number of amides is 2. The highest BCUT2D eigenvalue weighted by Gasteiger charge is 2.34. The van der Waals surface area contributed by atoms with Crippen molar-refractivity contribution in [1.82, 2.24) is 4.90 Å². The number of anilines is 1. The van der Waals surface area contributed by atoms with Gasteiger partial charge in [-0.15, -0.1) is 0 Å². The Kier molecular flexibility index (Phi) is 4.99. The van der Waals surface area contributed by atoms with E-state index in [4.69, 9.17) is 0 Å². The second kappa shape index (κ2) is 7.16. The zero-order valence-electron chi connectivity index (χ0n) is 14.0. The van der Waals surface area contributed by atoms with Crippen molar-refractivity contribution >= 4 is 17.5 Å². The fourth-order valence-corrected chi connectivity index (χ4v) is 3.78. The first-order valence-corrected chi connectivity index (χ1v) is 8.91. The topological polar surface area (TPSA) is 40.6 Å². The summed E-state index contributed by atoms with van der Waals surface area (Å²) in [5.41, 5.74) is 2.12. The molecule has 0 spiro atoms. The van der Waals surface area contributed by atoms with Crippen molar-refractivity contribution in [3.63, 3.8) is 0 Å². The molecule has 2 heterocycles. The van der Waals surface area contributed by atoms with E-state index in [0.29, 0.717) is 12.8 Å². The molecule has 2 amide bonds. The highest BCUT2D eigenvalue weighted by molar-refractivity contribution is 6.01. The van der Waals surface area contributed by atoms with E-state index in [1.807, 2.05) is 30.0 Å². The zero-order valence-corrected chi connectivity index (χ0v) is 14.0. The van der Waals surface area contributed by atoms with Crippen molar-refractivity contribution in [3.05, 3.63) is 29.8 Å². The van der Waals surface area contributed by atoms with Gasteiger partial charge in [-0.3, -0.25) is 14.5 Å². The first-order chi connectivity index (χ1) is 11.2. The van der Waals surface area contributed by atoms with Crippen LogP contribution in [0.4, 0.5) is 5.69 Å². The molecule has 1 aromatic carbocycles. The minimum Gasteiger partial charge on any atom is -0.341 e. The Hall–Kier alpha value is -1.84. The van der Waals surface area contributed by atoms with E-state index in [-0.39, 0.29) is 17.9 Å². The fraction of sp³-hybridized carbons (Fsp3) is 0.579. The molecule has 1 fully saturated rings. The van der Waals surface area contributed by atoms with Crippen molar-refractivity contribution in [1.29, 1.82) is 0 Å². The van der Waals surface area contributed by atoms with E-state index < -0.39 is 0 Å². The predicted molar refractivity (Wildman–Crippen MR) is 91.4 cm³/mol. The van der Waals surface area contributed by atoms with Gasteiger partial charge in [-0.25, -0.2) is 0 Å². The van der Waals surface area contributed by atoms with Crippen LogP contribution < -0.4 is 4.90 Å². The lowest BCUT2D eigenvalue weighted by molar-refractivity contribution is -0.135. The number of fused-ring (bicyclic) bond motifs is 1. The van der Waals surface area contributed by atoms with Crippen LogP contribution in [0, 0.1) is 0 Å². The number of likely N-dealkylation sites (tertiary alicyclic amines) is 1. The molecule has 0 aliphatic carbocycles. The lowest BCUT2D eigenvalue weighted by Gasteiger charge is -2.36. The lowest BCUT2D eigenvalue weighted by Crippen LogP contribution is -2.52. The van der Waals surface area contributed by atoms with E-state index in [1.54, 1.807) is 4.90 Å². The van der Waals surface area contributed by atoms with E-state index in [0.717, 1.165) is 44.5 Å². The van der Waals surface area contributed by atoms with Crippen molar-refractivity contribution in [2.75, 3.05) is 18.0 Å². The summed E-state index contributed by atoms with van der Waals surface area (Å²) in [6.45, 7) is 3.67. The standard InChI is InChI=1S/C19H26N2O2/c1-2-16(19(23)20-13-6-3-7-14-20)21-17-11-5-4-9-15(17)10-8-12-18(21)22/h4-5,9,11,16H,2-3,6-8,10,12-14H2,1H3/t16-/m0/s1. The molecule has 4 nitrogen and oxygen atoms in total. The molecular weight excluding hydrogens is 288 g/mol. The Labute approximate surface area is 138 Å². The van der Waals surface area contributed by atoms with Gasteiger partial charge in [0.1, 0.15) is 6.04 Å². The molecule has 4 heteroatoms. The van der Waals surface area contributed by atoms with Gasteiger partial charge in [0, 0.05) is 25.2 Å². The van der Waals surface area contributed by atoms with Gasteiger partial charge < -0.3 is 4.90 Å². The Bertz CT molecular complexity index is 578. The second-order valence-corrected chi connectivity index (χ2v) is 6.56. The second-order valence-electron chi connectivity index (χ2n) is 6.56. The van der Waals surface area contributed by atoms with Crippen molar-refractivity contribution < 1.29 is 9.59 Å². The molecular formula is C19H26N2O2. The van der Waals surface area contributed by atoms with Crippen LogP contribution in [0.5, 0.6) is 0 Å². The Morgan fingerprint density at radius 3 is 2.57 bits per heavy atom. The minimum absolute atomic E-state index is 0.0900. The summed E-state index contributed by atoms with van der Waals surface area (Å²) in [4.78, 5) is 29.5. The lowest BCUT2D eigenvalue weighted by atomic mass is 10.0. The smallest absolute Gasteiger partial charge is 0.245 e. The van der Waals surface area contributed by atoms with E-state index in [1.165, 1.54) is 12.0 Å². The minimum atomic E-state index is -0.361. The van der Waals surface area contributed by atoms with Gasteiger partial charge in [0.15, 0.2) is 0 Å². The molecule has 0 radical (unpaired) electrons. The number of benzene rings is 1. The van der Waals surface area contributed by atoms with Crippen LogP contribution in [-0.2, 0) is 16.0 Å². The maximum absolute atomic E-state index is 13.0. The molecule has 1 atom stereocenters.